The summed E-state index contributed by atoms with van der Waals surface area (Å²) in [5, 5.41) is 16.5. The maximum atomic E-state index is 13.4. The number of carbonyl (C=O) groups is 1. The van der Waals surface area contributed by atoms with E-state index >= 15 is 0 Å². The number of amides is 1. The molecule has 2 aromatic carbocycles. The van der Waals surface area contributed by atoms with Crippen LogP contribution in [0.1, 0.15) is 11.6 Å². The number of para-hydroxylation sites is 1. The van der Waals surface area contributed by atoms with Crippen molar-refractivity contribution in [3.05, 3.63) is 77.0 Å². The molecule has 2 aromatic heterocycles. The lowest BCUT2D eigenvalue weighted by Gasteiger charge is -2.37. The molecule has 6 nitrogen and oxygen atoms in total. The third kappa shape index (κ3) is 3.56. The first-order valence-corrected chi connectivity index (χ1v) is 11.1. The van der Waals surface area contributed by atoms with Gasteiger partial charge in [0.05, 0.1) is 11.7 Å². The van der Waals surface area contributed by atoms with Gasteiger partial charge in [-0.15, -0.1) is 22.0 Å². The fourth-order valence-electron chi connectivity index (χ4n) is 3.43. The highest BCUT2D eigenvalue weighted by molar-refractivity contribution is 7.99. The number of hydrogen-bond acceptors (Lipinski definition) is 6. The molecule has 29 heavy (non-hydrogen) atoms. The molecule has 1 atom stereocenters. The molecule has 0 spiro atoms. The lowest BCUT2D eigenvalue weighted by molar-refractivity contribution is -0.120. The molecule has 8 heteroatoms. The van der Waals surface area contributed by atoms with Gasteiger partial charge in [0.15, 0.2) is 0 Å². The van der Waals surface area contributed by atoms with E-state index in [1.54, 1.807) is 23.1 Å². The van der Waals surface area contributed by atoms with Crippen LogP contribution in [0.25, 0.3) is 11.4 Å². The predicted octanol–water partition coefficient (Wildman–Crippen LogP) is 4.28. The van der Waals surface area contributed by atoms with E-state index in [1.807, 2.05) is 58.1 Å². The van der Waals surface area contributed by atoms with Gasteiger partial charge >= 0.3 is 0 Å². The van der Waals surface area contributed by atoms with Gasteiger partial charge in [-0.1, -0.05) is 42.5 Å². The highest BCUT2D eigenvalue weighted by Crippen LogP contribution is 2.43. The van der Waals surface area contributed by atoms with E-state index in [9.17, 15) is 4.79 Å². The highest BCUT2D eigenvalue weighted by atomic mass is 32.2. The zero-order valence-electron chi connectivity index (χ0n) is 15.4. The fourth-order valence-corrected chi connectivity index (χ4v) is 5.23. The Hall–Kier alpha value is -2.97. The topological polar surface area (TPSA) is 63.9 Å². The summed E-state index contributed by atoms with van der Waals surface area (Å²) in [6.45, 7) is 0.0411. The molecule has 5 rings (SSSR count). The van der Waals surface area contributed by atoms with Crippen LogP contribution in [0.3, 0.4) is 0 Å². The van der Waals surface area contributed by atoms with E-state index in [0.717, 1.165) is 27.5 Å². The molecule has 0 saturated carbocycles. The number of thioether (sulfide) groups is 1. The predicted molar refractivity (Wildman–Crippen MR) is 115 cm³/mol. The summed E-state index contributed by atoms with van der Waals surface area (Å²) in [6.07, 6.45) is 0. The number of fused-ring (bicyclic) bond motifs is 1. The second kappa shape index (κ2) is 7.81. The molecule has 1 amide bonds. The molecule has 0 radical (unpaired) electrons. The number of anilines is 1. The Bertz CT molecular complexity index is 1130. The van der Waals surface area contributed by atoms with Crippen molar-refractivity contribution in [3.8, 4) is 11.4 Å². The molecule has 0 fully saturated rings. The van der Waals surface area contributed by atoms with Crippen LogP contribution in [0.5, 0.6) is 0 Å². The molecule has 3 heterocycles. The largest absolute Gasteiger partial charge is 0.301 e. The number of carbonyl (C=O) groups excluding carboxylic acids is 1. The quantitative estimate of drug-likeness (QED) is 0.494. The Balaban J connectivity index is 1.46. The summed E-state index contributed by atoms with van der Waals surface area (Å²) in [5.74, 6) is 1.28. The monoisotopic (exact) mass is 419 g/mol. The van der Waals surface area contributed by atoms with E-state index in [0.29, 0.717) is 5.82 Å². The Labute approximate surface area is 176 Å². The van der Waals surface area contributed by atoms with E-state index < -0.39 is 0 Å². The normalized spacial score (nSPS) is 15.9. The molecular formula is C21H17N5OS2. The van der Waals surface area contributed by atoms with Gasteiger partial charge in [-0.2, -0.15) is 16.1 Å². The minimum atomic E-state index is -0.0547. The number of tetrazole rings is 1. The van der Waals surface area contributed by atoms with Crippen LogP contribution < -0.4 is 4.90 Å². The molecule has 1 aliphatic rings. The molecule has 0 aliphatic carbocycles. The molecule has 0 bridgehead atoms. The smallest absolute Gasteiger partial charge is 0.251 e. The summed E-state index contributed by atoms with van der Waals surface area (Å²) >= 11 is 3.35. The van der Waals surface area contributed by atoms with Gasteiger partial charge < -0.3 is 4.90 Å². The van der Waals surface area contributed by atoms with Gasteiger partial charge in [-0.25, -0.2) is 0 Å². The SMILES string of the molecule is O=C(Cn1nnc(-c2ccsc2)n1)N1c2ccccc2SC[C@@H]1c1ccccc1. The minimum absolute atomic E-state index is 0.0385. The number of thiophene rings is 1. The zero-order chi connectivity index (χ0) is 19.6. The first-order valence-electron chi connectivity index (χ1n) is 9.19. The third-order valence-electron chi connectivity index (χ3n) is 4.80. The maximum absolute atomic E-state index is 13.4. The molecule has 0 unspecified atom stereocenters. The van der Waals surface area contributed by atoms with E-state index in [4.69, 9.17) is 0 Å². The molecular weight excluding hydrogens is 402 g/mol. The van der Waals surface area contributed by atoms with Crippen LogP contribution in [0.2, 0.25) is 0 Å². The summed E-state index contributed by atoms with van der Waals surface area (Å²) in [5.41, 5.74) is 2.96. The van der Waals surface area contributed by atoms with E-state index in [1.165, 1.54) is 4.80 Å². The van der Waals surface area contributed by atoms with Gasteiger partial charge in [0.25, 0.3) is 5.91 Å². The zero-order valence-corrected chi connectivity index (χ0v) is 17.0. The van der Waals surface area contributed by atoms with Crippen LogP contribution >= 0.6 is 23.1 Å². The minimum Gasteiger partial charge on any atom is -0.301 e. The van der Waals surface area contributed by atoms with Gasteiger partial charge in [-0.05, 0) is 34.4 Å². The van der Waals surface area contributed by atoms with E-state index in [-0.39, 0.29) is 18.5 Å². The molecule has 0 saturated heterocycles. The summed E-state index contributed by atoms with van der Waals surface area (Å²) in [7, 11) is 0. The van der Waals surface area contributed by atoms with Crippen LogP contribution in [-0.2, 0) is 11.3 Å². The number of benzene rings is 2. The van der Waals surface area contributed by atoms with Gasteiger partial charge in [0, 0.05) is 21.6 Å². The van der Waals surface area contributed by atoms with Crippen molar-refractivity contribution in [3.63, 3.8) is 0 Å². The number of nitrogens with zero attached hydrogens (tertiary/aromatic N) is 5. The van der Waals surface area contributed by atoms with Crippen molar-refractivity contribution in [2.24, 2.45) is 0 Å². The van der Waals surface area contributed by atoms with Crippen molar-refractivity contribution in [2.45, 2.75) is 17.5 Å². The van der Waals surface area contributed by atoms with Gasteiger partial charge in [0.2, 0.25) is 5.82 Å². The van der Waals surface area contributed by atoms with Gasteiger partial charge in [-0.3, -0.25) is 4.79 Å². The Morgan fingerprint density at radius 3 is 2.72 bits per heavy atom. The molecule has 4 aromatic rings. The molecule has 1 aliphatic heterocycles. The fraction of sp³-hybridized carbons (Fsp3) is 0.143. The Morgan fingerprint density at radius 2 is 1.90 bits per heavy atom. The second-order valence-electron chi connectivity index (χ2n) is 6.62. The number of rotatable bonds is 4. The lowest BCUT2D eigenvalue weighted by Crippen LogP contribution is -2.40. The Kier molecular flexibility index (Phi) is 4.87. The first kappa shape index (κ1) is 18.1. The average Bonchev–Trinajstić information content (AvgIpc) is 3.45. The lowest BCUT2D eigenvalue weighted by atomic mass is 10.1. The average molecular weight is 420 g/mol. The second-order valence-corrected chi connectivity index (χ2v) is 8.47. The third-order valence-corrected chi connectivity index (χ3v) is 6.62. The van der Waals surface area contributed by atoms with Crippen molar-refractivity contribution >= 4 is 34.7 Å². The molecule has 0 N–H and O–H groups in total. The maximum Gasteiger partial charge on any atom is 0.251 e. The van der Waals surface area contributed by atoms with Crippen LogP contribution in [-0.4, -0.2) is 31.9 Å². The summed E-state index contributed by atoms with van der Waals surface area (Å²) in [4.78, 5) is 17.8. The standard InChI is InChI=1S/C21H17N5OS2/c27-20(12-25-23-21(22-24-25)16-10-11-28-13-16)26-17-8-4-5-9-19(17)29-14-18(26)15-6-2-1-3-7-15/h1-11,13,18H,12,14H2/t18-/m1/s1. The van der Waals surface area contributed by atoms with Crippen LogP contribution in [0, 0.1) is 0 Å². The summed E-state index contributed by atoms with van der Waals surface area (Å²) in [6, 6.07) is 20.1. The first-order chi connectivity index (χ1) is 14.3. The van der Waals surface area contributed by atoms with Crippen molar-refractivity contribution in [2.75, 3.05) is 10.7 Å². The van der Waals surface area contributed by atoms with Crippen LogP contribution in [0.15, 0.2) is 76.3 Å². The Morgan fingerprint density at radius 1 is 1.07 bits per heavy atom. The van der Waals surface area contributed by atoms with Gasteiger partial charge in [0.1, 0.15) is 6.54 Å². The van der Waals surface area contributed by atoms with Crippen molar-refractivity contribution in [1.29, 1.82) is 0 Å². The number of aromatic nitrogens is 4. The number of hydrogen-bond donors (Lipinski definition) is 0. The van der Waals surface area contributed by atoms with Crippen molar-refractivity contribution < 1.29 is 4.79 Å². The van der Waals surface area contributed by atoms with Crippen LogP contribution in [0.4, 0.5) is 5.69 Å². The van der Waals surface area contributed by atoms with E-state index in [2.05, 4.69) is 33.6 Å². The summed E-state index contributed by atoms with van der Waals surface area (Å²) < 4.78 is 0. The molecule has 144 valence electrons. The van der Waals surface area contributed by atoms with Crippen molar-refractivity contribution in [1.82, 2.24) is 20.2 Å². The highest BCUT2D eigenvalue weighted by Gasteiger charge is 2.32.